The number of furan rings is 1. The van der Waals surface area contributed by atoms with E-state index in [1.807, 2.05) is 25.1 Å². The number of carbonyl (C=O) groups excluding carboxylic acids is 3. The highest BCUT2D eigenvalue weighted by atomic mass is 35.5. The Morgan fingerprint density at radius 2 is 1.53 bits per heavy atom. The van der Waals surface area contributed by atoms with Crippen molar-refractivity contribution in [2.45, 2.75) is 90.1 Å². The first-order chi connectivity index (χ1) is 24.4. The van der Waals surface area contributed by atoms with Crippen LogP contribution >= 0.6 is 23.2 Å². The number of Topliss-reactive ketones (excluding diaryl/α,β-unsaturated/α-hetero) is 1. The number of nitrogens with zero attached hydrogens (tertiary/aromatic N) is 3. The van der Waals surface area contributed by atoms with E-state index in [0.29, 0.717) is 78.2 Å². The summed E-state index contributed by atoms with van der Waals surface area (Å²) in [4.78, 5) is 47.7. The molecule has 1 atom stereocenters. The molecule has 3 fully saturated rings. The van der Waals surface area contributed by atoms with Crippen LogP contribution in [0.15, 0.2) is 47.1 Å². The van der Waals surface area contributed by atoms with Gasteiger partial charge < -0.3 is 19.2 Å². The molecule has 2 aromatic carbocycles. The molecule has 10 nitrogen and oxygen atoms in total. The number of halogens is 2. The van der Waals surface area contributed by atoms with Crippen LogP contribution in [-0.4, -0.2) is 95.7 Å². The molecule has 0 bridgehead atoms. The molecule has 51 heavy (non-hydrogen) atoms. The van der Waals surface area contributed by atoms with Crippen molar-refractivity contribution in [3.8, 4) is 0 Å². The van der Waals surface area contributed by atoms with Gasteiger partial charge >= 0.3 is 5.97 Å². The number of rotatable bonds is 11. The predicted molar refractivity (Wildman–Crippen MR) is 199 cm³/mol. The Bertz CT molecular complexity index is 1720. The summed E-state index contributed by atoms with van der Waals surface area (Å²) in [5.74, 6) is -2.08. The van der Waals surface area contributed by atoms with Gasteiger partial charge in [0.1, 0.15) is 11.8 Å². The summed E-state index contributed by atoms with van der Waals surface area (Å²) in [6.07, 6.45) is 5.83. The predicted octanol–water partition coefficient (Wildman–Crippen LogP) is 7.41. The Kier molecular flexibility index (Phi) is 11.8. The first-order valence-electron chi connectivity index (χ1n) is 18.3. The van der Waals surface area contributed by atoms with Gasteiger partial charge in [-0.15, -0.1) is 0 Å². The molecular formula is C39H50Cl2N4O6. The highest BCUT2D eigenvalue weighted by Gasteiger charge is 2.53. The van der Waals surface area contributed by atoms with Crippen LogP contribution in [0.25, 0.3) is 11.0 Å². The third-order valence-corrected chi connectivity index (χ3v) is 11.3. The van der Waals surface area contributed by atoms with Gasteiger partial charge in [0.15, 0.2) is 5.78 Å². The van der Waals surface area contributed by atoms with Crippen LogP contribution in [0.5, 0.6) is 0 Å². The monoisotopic (exact) mass is 740 g/mol. The zero-order chi connectivity index (χ0) is 36.3. The average molecular weight is 742 g/mol. The number of hydrogen-bond donors (Lipinski definition) is 1. The number of anilines is 1. The lowest BCUT2D eigenvalue weighted by atomic mass is 9.87. The number of ether oxygens (including phenoxy) is 2. The van der Waals surface area contributed by atoms with Gasteiger partial charge in [0.05, 0.1) is 34.9 Å². The van der Waals surface area contributed by atoms with Crippen molar-refractivity contribution in [3.63, 3.8) is 0 Å². The number of hydrogen-bond acceptors (Lipinski definition) is 9. The zero-order valence-electron chi connectivity index (χ0n) is 30.1. The van der Waals surface area contributed by atoms with Crippen molar-refractivity contribution in [1.82, 2.24) is 14.7 Å². The minimum Gasteiger partial charge on any atom is -0.466 e. The molecule has 1 amide bonds. The number of para-hydroxylation sites is 1. The van der Waals surface area contributed by atoms with Gasteiger partial charge in [0.25, 0.3) is 5.91 Å². The van der Waals surface area contributed by atoms with Gasteiger partial charge in [-0.2, -0.15) is 0 Å². The zero-order valence-corrected chi connectivity index (χ0v) is 31.7. The number of ketones is 1. The number of carbonyl (C=O) groups is 3. The van der Waals surface area contributed by atoms with Crippen LogP contribution in [0.3, 0.4) is 0 Å². The molecule has 2 aliphatic heterocycles. The molecule has 0 radical (unpaired) electrons. The number of piperazine rings is 1. The maximum atomic E-state index is 15.1. The molecule has 0 spiro atoms. The topological polar surface area (TPSA) is 105 Å². The molecular weight excluding hydrogens is 691 g/mol. The lowest BCUT2D eigenvalue weighted by Gasteiger charge is -2.53. The summed E-state index contributed by atoms with van der Waals surface area (Å²) in [7, 11) is 0. The van der Waals surface area contributed by atoms with E-state index in [4.69, 9.17) is 37.1 Å². The highest BCUT2D eigenvalue weighted by Crippen LogP contribution is 2.38. The molecule has 1 N–H and O–H groups in total. The fraction of sp³-hybridized carbons (Fsp3) is 0.564. The molecule has 3 heterocycles. The SMILES string of the molecule is CCOC(=O)C1CCC(OC(C(=O)Cc2cc(Cl)c(NC(=O)c3coc4ccccc34)cc2Cl)(N2CCCC2)N2CCN(C(C)(C)C)CC2)CC1. The fourth-order valence-corrected chi connectivity index (χ4v) is 8.29. The third-order valence-electron chi connectivity index (χ3n) is 10.6. The van der Waals surface area contributed by atoms with E-state index in [0.717, 1.165) is 39.0 Å². The molecule has 276 valence electrons. The molecule has 3 aromatic rings. The van der Waals surface area contributed by atoms with Crippen LogP contribution in [0.4, 0.5) is 5.69 Å². The molecule has 1 saturated carbocycles. The molecule has 6 rings (SSSR count). The Morgan fingerprint density at radius 3 is 2.20 bits per heavy atom. The van der Waals surface area contributed by atoms with E-state index in [9.17, 15) is 9.59 Å². The van der Waals surface area contributed by atoms with Crippen molar-refractivity contribution in [2.75, 3.05) is 51.2 Å². The minimum atomic E-state index is -1.30. The Balaban J connectivity index is 1.27. The Labute approximate surface area is 310 Å². The van der Waals surface area contributed by atoms with Crippen molar-refractivity contribution in [1.29, 1.82) is 0 Å². The molecule has 3 aliphatic rings. The van der Waals surface area contributed by atoms with Crippen LogP contribution in [-0.2, 0) is 25.5 Å². The third kappa shape index (κ3) is 8.16. The van der Waals surface area contributed by atoms with Crippen LogP contribution in [0, 0.1) is 5.92 Å². The van der Waals surface area contributed by atoms with Crippen LogP contribution in [0.2, 0.25) is 10.0 Å². The van der Waals surface area contributed by atoms with Crippen LogP contribution < -0.4 is 5.32 Å². The second-order valence-corrected chi connectivity index (χ2v) is 15.7. The van der Waals surface area contributed by atoms with Gasteiger partial charge in [0, 0.05) is 61.6 Å². The van der Waals surface area contributed by atoms with Crippen molar-refractivity contribution in [2.24, 2.45) is 5.92 Å². The van der Waals surface area contributed by atoms with Gasteiger partial charge in [-0.1, -0.05) is 41.4 Å². The smallest absolute Gasteiger partial charge is 0.308 e. The largest absolute Gasteiger partial charge is 0.466 e. The van der Waals surface area contributed by atoms with Gasteiger partial charge in [-0.3, -0.25) is 29.1 Å². The highest BCUT2D eigenvalue weighted by molar-refractivity contribution is 6.36. The molecule has 1 unspecified atom stereocenters. The summed E-state index contributed by atoms with van der Waals surface area (Å²) >= 11 is 13.6. The van der Waals surface area contributed by atoms with E-state index >= 15 is 4.79 Å². The standard InChI is InChI=1S/C39H50Cl2N4O6/c1-5-49-37(48)26-12-14-28(15-13-26)51-39(44-16-8-9-17-44,45-20-18-43(19-21-45)38(2,3)4)35(46)23-27-22-32(41)33(24-31(27)40)42-36(47)30-25-50-34-11-7-6-10-29(30)34/h6-7,10-11,22,24-26,28H,5,8-9,12-21,23H2,1-4H3,(H,42,47). The van der Waals surface area contributed by atoms with E-state index < -0.39 is 5.85 Å². The Morgan fingerprint density at radius 1 is 0.882 bits per heavy atom. The Hall–Kier alpha value is -2.99. The first-order valence-corrected chi connectivity index (χ1v) is 19.0. The molecule has 12 heteroatoms. The maximum absolute atomic E-state index is 15.1. The summed E-state index contributed by atoms with van der Waals surface area (Å²) in [6, 6.07) is 10.6. The normalized spacial score (nSPS) is 22.2. The number of nitrogens with one attached hydrogen (secondary N) is 1. The van der Waals surface area contributed by atoms with Crippen LogP contribution in [0.1, 0.15) is 82.1 Å². The van der Waals surface area contributed by atoms with Gasteiger partial charge in [0.2, 0.25) is 5.85 Å². The number of benzene rings is 2. The number of fused-ring (bicyclic) bond motifs is 1. The summed E-state index contributed by atoms with van der Waals surface area (Å²) in [5, 5.41) is 4.15. The van der Waals surface area contributed by atoms with Crippen molar-refractivity contribution < 1.29 is 28.3 Å². The second kappa shape index (κ2) is 15.9. The lowest BCUT2D eigenvalue weighted by Crippen LogP contribution is -2.71. The first kappa shape index (κ1) is 37.8. The van der Waals surface area contributed by atoms with Crippen molar-refractivity contribution in [3.05, 3.63) is 63.8 Å². The summed E-state index contributed by atoms with van der Waals surface area (Å²) < 4.78 is 18.0. The number of likely N-dealkylation sites (tertiary alicyclic amines) is 1. The molecule has 1 aromatic heterocycles. The molecule has 1 aliphatic carbocycles. The second-order valence-electron chi connectivity index (χ2n) is 14.9. The number of esters is 1. The average Bonchev–Trinajstić information content (AvgIpc) is 3.81. The fourth-order valence-electron chi connectivity index (χ4n) is 7.83. The number of amides is 1. The van der Waals surface area contributed by atoms with E-state index in [1.165, 1.54) is 6.26 Å². The van der Waals surface area contributed by atoms with Crippen molar-refractivity contribution >= 4 is 57.5 Å². The quantitative estimate of drug-likeness (QED) is 0.201. The van der Waals surface area contributed by atoms with Gasteiger partial charge in [-0.05, 0) is 90.0 Å². The summed E-state index contributed by atoms with van der Waals surface area (Å²) in [6.45, 7) is 13.3. The van der Waals surface area contributed by atoms with E-state index in [-0.39, 0.29) is 46.7 Å². The van der Waals surface area contributed by atoms with E-state index in [1.54, 1.807) is 18.2 Å². The summed E-state index contributed by atoms with van der Waals surface area (Å²) in [5.41, 5.74) is 1.89. The lowest BCUT2D eigenvalue weighted by molar-refractivity contribution is -0.261. The minimum absolute atomic E-state index is 0.00485. The molecule has 2 saturated heterocycles. The maximum Gasteiger partial charge on any atom is 0.308 e. The van der Waals surface area contributed by atoms with Gasteiger partial charge in [-0.25, -0.2) is 0 Å². The van der Waals surface area contributed by atoms with E-state index in [2.05, 4.69) is 40.8 Å².